The molecule has 2 aromatic rings. The summed E-state index contributed by atoms with van der Waals surface area (Å²) in [5.74, 6) is 0.912. The van der Waals surface area contributed by atoms with Crippen molar-refractivity contribution in [1.82, 2.24) is 10.2 Å². The van der Waals surface area contributed by atoms with Gasteiger partial charge in [-0.1, -0.05) is 18.2 Å². The fourth-order valence-electron chi connectivity index (χ4n) is 2.42. The Morgan fingerprint density at radius 3 is 2.60 bits per heavy atom. The zero-order valence-corrected chi connectivity index (χ0v) is 12.6. The lowest BCUT2D eigenvalue weighted by atomic mass is 10.1. The summed E-state index contributed by atoms with van der Waals surface area (Å²) in [4.78, 5) is 2.36. The number of methoxy groups -OCH3 is 1. The molecule has 3 heteroatoms. The highest BCUT2D eigenvalue weighted by molar-refractivity contribution is 5.84. The van der Waals surface area contributed by atoms with Gasteiger partial charge in [0.05, 0.1) is 7.11 Å². The molecule has 0 amide bonds. The smallest absolute Gasteiger partial charge is 0.119 e. The van der Waals surface area contributed by atoms with Crippen LogP contribution >= 0.6 is 0 Å². The predicted molar refractivity (Wildman–Crippen MR) is 85.4 cm³/mol. The Morgan fingerprint density at radius 2 is 1.85 bits per heavy atom. The van der Waals surface area contributed by atoms with E-state index in [1.165, 1.54) is 22.8 Å². The third-order valence-corrected chi connectivity index (χ3v) is 3.53. The first kappa shape index (κ1) is 14.8. The average Bonchev–Trinajstić information content (AvgIpc) is 2.47. The van der Waals surface area contributed by atoms with E-state index in [2.05, 4.69) is 47.6 Å². The van der Waals surface area contributed by atoms with Gasteiger partial charge in [0, 0.05) is 6.54 Å². The van der Waals surface area contributed by atoms with Gasteiger partial charge >= 0.3 is 0 Å². The zero-order valence-electron chi connectivity index (χ0n) is 12.6. The van der Waals surface area contributed by atoms with E-state index in [0.29, 0.717) is 0 Å². The molecular formula is C17H24N2O. The molecule has 0 saturated heterocycles. The summed E-state index contributed by atoms with van der Waals surface area (Å²) < 4.78 is 5.26. The van der Waals surface area contributed by atoms with Crippen LogP contribution in [0.1, 0.15) is 12.0 Å². The molecule has 2 rings (SSSR count). The molecule has 1 N–H and O–H groups in total. The molecule has 0 fully saturated rings. The Bertz CT molecular complexity index is 554. The maximum Gasteiger partial charge on any atom is 0.119 e. The molecule has 0 unspecified atom stereocenters. The van der Waals surface area contributed by atoms with Gasteiger partial charge in [0.15, 0.2) is 0 Å². The molecule has 3 nitrogen and oxygen atoms in total. The van der Waals surface area contributed by atoms with Crippen molar-refractivity contribution in [1.29, 1.82) is 0 Å². The van der Waals surface area contributed by atoms with Crippen molar-refractivity contribution >= 4 is 10.8 Å². The van der Waals surface area contributed by atoms with Gasteiger partial charge in [-0.2, -0.15) is 0 Å². The topological polar surface area (TPSA) is 24.5 Å². The molecule has 0 bridgehead atoms. The van der Waals surface area contributed by atoms with Gasteiger partial charge < -0.3 is 15.0 Å². The molecule has 20 heavy (non-hydrogen) atoms. The van der Waals surface area contributed by atoms with Crippen molar-refractivity contribution in [2.24, 2.45) is 0 Å². The minimum atomic E-state index is 0.912. The Morgan fingerprint density at radius 1 is 1.10 bits per heavy atom. The Kier molecular flexibility index (Phi) is 5.39. The number of nitrogens with zero attached hydrogens (tertiary/aromatic N) is 1. The number of rotatable bonds is 7. The van der Waals surface area contributed by atoms with Crippen LogP contribution in [0.3, 0.4) is 0 Å². The van der Waals surface area contributed by atoms with Crippen LogP contribution in [-0.2, 0) is 6.54 Å². The van der Waals surface area contributed by atoms with E-state index in [9.17, 15) is 0 Å². The van der Waals surface area contributed by atoms with Crippen LogP contribution in [0.5, 0.6) is 5.75 Å². The van der Waals surface area contributed by atoms with Crippen LogP contribution in [0, 0.1) is 0 Å². The van der Waals surface area contributed by atoms with Crippen LogP contribution in [0.4, 0.5) is 0 Å². The number of nitrogens with one attached hydrogen (secondary N) is 1. The van der Waals surface area contributed by atoms with Gasteiger partial charge in [-0.3, -0.25) is 0 Å². The first-order valence-corrected chi connectivity index (χ1v) is 7.13. The van der Waals surface area contributed by atoms with Crippen molar-refractivity contribution in [3.05, 3.63) is 42.0 Å². The predicted octanol–water partition coefficient (Wildman–Crippen LogP) is 2.89. The quantitative estimate of drug-likeness (QED) is 0.784. The molecule has 2 aromatic carbocycles. The first-order chi connectivity index (χ1) is 9.72. The van der Waals surface area contributed by atoms with Gasteiger partial charge in [0.25, 0.3) is 0 Å². The van der Waals surface area contributed by atoms with E-state index in [1.54, 1.807) is 7.11 Å². The Hall–Kier alpha value is -1.58. The summed E-state index contributed by atoms with van der Waals surface area (Å²) in [7, 11) is 5.88. The van der Waals surface area contributed by atoms with Gasteiger partial charge in [0.2, 0.25) is 0 Å². The molecule has 0 aliphatic carbocycles. The van der Waals surface area contributed by atoms with Crippen LogP contribution in [0.15, 0.2) is 36.4 Å². The minimum Gasteiger partial charge on any atom is -0.497 e. The number of hydrogen-bond acceptors (Lipinski definition) is 3. The van der Waals surface area contributed by atoms with Gasteiger partial charge in [-0.25, -0.2) is 0 Å². The lowest BCUT2D eigenvalue weighted by Crippen LogP contribution is -2.22. The highest BCUT2D eigenvalue weighted by Crippen LogP contribution is 2.22. The average molecular weight is 272 g/mol. The monoisotopic (exact) mass is 272 g/mol. The second-order valence-electron chi connectivity index (χ2n) is 5.24. The van der Waals surface area contributed by atoms with Gasteiger partial charge in [-0.05, 0) is 68.1 Å². The lowest BCUT2D eigenvalue weighted by Gasteiger charge is -2.17. The van der Waals surface area contributed by atoms with Crippen molar-refractivity contribution < 1.29 is 4.74 Å². The minimum absolute atomic E-state index is 0.912. The number of benzene rings is 2. The third-order valence-electron chi connectivity index (χ3n) is 3.53. The van der Waals surface area contributed by atoms with E-state index in [1.807, 2.05) is 13.1 Å². The molecule has 0 aromatic heterocycles. The number of fused-ring (bicyclic) bond motifs is 1. The summed E-state index contributed by atoms with van der Waals surface area (Å²) in [5, 5.41) is 5.68. The van der Waals surface area contributed by atoms with Crippen molar-refractivity contribution in [2.75, 3.05) is 34.3 Å². The molecule has 0 saturated carbocycles. The second-order valence-corrected chi connectivity index (χ2v) is 5.24. The van der Waals surface area contributed by atoms with E-state index in [4.69, 9.17) is 4.74 Å². The van der Waals surface area contributed by atoms with Gasteiger partial charge in [-0.15, -0.1) is 0 Å². The van der Waals surface area contributed by atoms with Crippen LogP contribution < -0.4 is 10.1 Å². The fraction of sp³-hybridized carbons (Fsp3) is 0.412. The normalized spacial score (nSPS) is 11.2. The maximum atomic E-state index is 5.26. The third kappa shape index (κ3) is 3.95. The lowest BCUT2D eigenvalue weighted by molar-refractivity contribution is 0.321. The van der Waals surface area contributed by atoms with E-state index in [-0.39, 0.29) is 0 Å². The largest absolute Gasteiger partial charge is 0.497 e. The summed E-state index contributed by atoms with van der Waals surface area (Å²) >= 11 is 0. The Labute approximate surface area is 121 Å². The molecule has 0 aliphatic heterocycles. The molecule has 0 spiro atoms. The van der Waals surface area contributed by atoms with E-state index in [0.717, 1.165) is 25.4 Å². The van der Waals surface area contributed by atoms with Crippen LogP contribution in [0.25, 0.3) is 10.8 Å². The molecule has 0 radical (unpaired) electrons. The number of ether oxygens (including phenoxy) is 1. The fourth-order valence-corrected chi connectivity index (χ4v) is 2.42. The SMILES string of the molecule is CNCCCN(C)Cc1ccc2cc(OC)ccc2c1. The molecule has 0 heterocycles. The standard InChI is InChI=1S/C17H24N2O/c1-18-9-4-10-19(2)13-14-5-6-16-12-17(20-3)8-7-15(16)11-14/h5-8,11-12,18H,4,9-10,13H2,1-3H3. The molecule has 0 aliphatic rings. The summed E-state index contributed by atoms with van der Waals surface area (Å²) in [6, 6.07) is 12.9. The van der Waals surface area contributed by atoms with E-state index >= 15 is 0 Å². The maximum absolute atomic E-state index is 5.26. The van der Waals surface area contributed by atoms with Crippen LogP contribution in [0.2, 0.25) is 0 Å². The molecule has 108 valence electrons. The van der Waals surface area contributed by atoms with Crippen molar-refractivity contribution in [3.8, 4) is 5.75 Å². The van der Waals surface area contributed by atoms with E-state index < -0.39 is 0 Å². The molecule has 0 atom stereocenters. The highest BCUT2D eigenvalue weighted by Gasteiger charge is 2.02. The summed E-state index contributed by atoms with van der Waals surface area (Å²) in [6.07, 6.45) is 1.18. The summed E-state index contributed by atoms with van der Waals surface area (Å²) in [6.45, 7) is 3.18. The summed E-state index contributed by atoms with van der Waals surface area (Å²) in [5.41, 5.74) is 1.36. The molecular weight excluding hydrogens is 248 g/mol. The second kappa shape index (κ2) is 7.27. The highest BCUT2D eigenvalue weighted by atomic mass is 16.5. The van der Waals surface area contributed by atoms with Crippen LogP contribution in [-0.4, -0.2) is 39.2 Å². The zero-order chi connectivity index (χ0) is 14.4. The van der Waals surface area contributed by atoms with Crippen molar-refractivity contribution in [2.45, 2.75) is 13.0 Å². The van der Waals surface area contributed by atoms with Gasteiger partial charge in [0.1, 0.15) is 5.75 Å². The number of hydrogen-bond donors (Lipinski definition) is 1. The van der Waals surface area contributed by atoms with Crippen molar-refractivity contribution in [3.63, 3.8) is 0 Å². The Balaban J connectivity index is 2.04. The first-order valence-electron chi connectivity index (χ1n) is 7.13.